The molecular formula is C16H20N2O3. The molecule has 5 nitrogen and oxygen atoms in total. The van der Waals surface area contributed by atoms with E-state index in [-0.39, 0.29) is 35.4 Å². The van der Waals surface area contributed by atoms with E-state index in [4.69, 9.17) is 0 Å². The molecule has 2 aliphatic heterocycles. The van der Waals surface area contributed by atoms with Gasteiger partial charge in [-0.05, 0) is 35.4 Å². The second-order valence-electron chi connectivity index (χ2n) is 6.35. The molecule has 5 heteroatoms. The third-order valence-corrected chi connectivity index (χ3v) is 5.09. The number of nitrogens with zero attached hydrogens (tertiary/aromatic N) is 1. The number of phenolic OH excluding ortho intramolecular Hbond substituents is 1. The zero-order chi connectivity index (χ0) is 15.2. The summed E-state index contributed by atoms with van der Waals surface area (Å²) < 4.78 is 0. The molecule has 0 spiro atoms. The summed E-state index contributed by atoms with van der Waals surface area (Å²) in [5.41, 5.74) is 0.773. The third kappa shape index (κ3) is 2.17. The van der Waals surface area contributed by atoms with E-state index >= 15 is 0 Å². The Bertz CT molecular complexity index is 601. The quantitative estimate of drug-likeness (QED) is 0.810. The Morgan fingerprint density at radius 2 is 2.14 bits per heavy atom. The second kappa shape index (κ2) is 4.76. The maximum absolute atomic E-state index is 12.1. The molecule has 3 atom stereocenters. The van der Waals surface area contributed by atoms with Gasteiger partial charge >= 0.3 is 0 Å². The molecule has 3 rings (SSSR count). The highest BCUT2D eigenvalue weighted by Crippen LogP contribution is 2.43. The lowest BCUT2D eigenvalue weighted by atomic mass is 9.65. The minimum Gasteiger partial charge on any atom is -0.508 e. The standard InChI is InChI=1S/C16H20N2O3/c1-10-9-18-13(15(21)17-8-14(18)20)7-16(10,2)11-4-3-5-12(19)6-11/h3-6,10,13,19H,7-9H2,1-2H3,(H,17,21)/t10?,13?,16-/m1/s1. The summed E-state index contributed by atoms with van der Waals surface area (Å²) in [6.45, 7) is 4.88. The number of hydrogen-bond acceptors (Lipinski definition) is 3. The fraction of sp³-hybridized carbons (Fsp3) is 0.500. The highest BCUT2D eigenvalue weighted by Gasteiger charge is 2.48. The average molecular weight is 288 g/mol. The van der Waals surface area contributed by atoms with E-state index in [1.807, 2.05) is 12.1 Å². The highest BCUT2D eigenvalue weighted by atomic mass is 16.3. The van der Waals surface area contributed by atoms with E-state index in [0.29, 0.717) is 13.0 Å². The lowest BCUT2D eigenvalue weighted by Crippen LogP contribution is -2.65. The molecule has 21 heavy (non-hydrogen) atoms. The number of phenols is 1. The lowest BCUT2D eigenvalue weighted by molar-refractivity contribution is -0.150. The molecule has 2 saturated heterocycles. The van der Waals surface area contributed by atoms with Crippen LogP contribution >= 0.6 is 0 Å². The van der Waals surface area contributed by atoms with Gasteiger partial charge in [0, 0.05) is 6.54 Å². The van der Waals surface area contributed by atoms with Crippen LogP contribution in [0.4, 0.5) is 0 Å². The Balaban J connectivity index is 1.97. The number of hydrogen-bond donors (Lipinski definition) is 2. The van der Waals surface area contributed by atoms with Crippen molar-refractivity contribution in [3.63, 3.8) is 0 Å². The molecule has 1 aromatic carbocycles. The van der Waals surface area contributed by atoms with Gasteiger partial charge in [-0.3, -0.25) is 9.59 Å². The van der Waals surface area contributed by atoms with Gasteiger partial charge in [-0.15, -0.1) is 0 Å². The highest BCUT2D eigenvalue weighted by molar-refractivity contribution is 5.95. The zero-order valence-electron chi connectivity index (χ0n) is 12.3. The lowest BCUT2D eigenvalue weighted by Gasteiger charge is -2.50. The van der Waals surface area contributed by atoms with E-state index in [0.717, 1.165) is 5.56 Å². The van der Waals surface area contributed by atoms with Crippen molar-refractivity contribution in [2.45, 2.75) is 31.7 Å². The molecule has 0 aromatic heterocycles. The summed E-state index contributed by atoms with van der Waals surface area (Å²) in [5, 5.41) is 12.4. The number of fused-ring (bicyclic) bond motifs is 1. The van der Waals surface area contributed by atoms with Crippen molar-refractivity contribution in [1.82, 2.24) is 10.2 Å². The van der Waals surface area contributed by atoms with Crippen molar-refractivity contribution >= 4 is 11.8 Å². The third-order valence-electron chi connectivity index (χ3n) is 5.09. The topological polar surface area (TPSA) is 69.6 Å². The molecule has 2 N–H and O–H groups in total. The minimum absolute atomic E-state index is 0.00981. The summed E-state index contributed by atoms with van der Waals surface area (Å²) in [6.07, 6.45) is 0.579. The summed E-state index contributed by atoms with van der Waals surface area (Å²) in [7, 11) is 0. The van der Waals surface area contributed by atoms with Crippen molar-refractivity contribution in [2.75, 3.05) is 13.1 Å². The van der Waals surface area contributed by atoms with Crippen LogP contribution in [0, 0.1) is 5.92 Å². The van der Waals surface area contributed by atoms with Gasteiger partial charge in [-0.25, -0.2) is 0 Å². The Hall–Kier alpha value is -2.04. The van der Waals surface area contributed by atoms with Gasteiger partial charge in [0.2, 0.25) is 11.8 Å². The molecule has 2 aliphatic rings. The van der Waals surface area contributed by atoms with E-state index in [2.05, 4.69) is 19.2 Å². The molecule has 2 unspecified atom stereocenters. The monoisotopic (exact) mass is 288 g/mol. The Morgan fingerprint density at radius 1 is 1.38 bits per heavy atom. The maximum atomic E-state index is 12.1. The van der Waals surface area contributed by atoms with Gasteiger partial charge in [0.15, 0.2) is 0 Å². The number of benzene rings is 1. The SMILES string of the molecule is CC1CN2C(=O)CNC(=O)C2C[C@@]1(C)c1cccc(O)c1. The normalized spacial score (nSPS) is 32.6. The van der Waals surface area contributed by atoms with Crippen LogP contribution in [0.25, 0.3) is 0 Å². The number of rotatable bonds is 1. The number of amides is 2. The van der Waals surface area contributed by atoms with Crippen LogP contribution in [-0.2, 0) is 15.0 Å². The maximum Gasteiger partial charge on any atom is 0.243 e. The molecule has 2 heterocycles. The van der Waals surface area contributed by atoms with E-state index in [9.17, 15) is 14.7 Å². The predicted molar refractivity (Wildman–Crippen MR) is 77.8 cm³/mol. The minimum atomic E-state index is -0.408. The largest absolute Gasteiger partial charge is 0.508 e. The van der Waals surface area contributed by atoms with Crippen LogP contribution in [0.15, 0.2) is 24.3 Å². The number of carbonyl (C=O) groups excluding carboxylic acids is 2. The fourth-order valence-corrected chi connectivity index (χ4v) is 3.49. The fourth-order valence-electron chi connectivity index (χ4n) is 3.49. The summed E-state index contributed by atoms with van der Waals surface area (Å²) in [6, 6.07) is 6.79. The molecule has 2 amide bonds. The molecular weight excluding hydrogens is 268 g/mol. The molecule has 1 aromatic rings. The number of piperidine rings is 1. The van der Waals surface area contributed by atoms with Gasteiger partial charge in [0.05, 0.1) is 6.54 Å². The number of aromatic hydroxyl groups is 1. The van der Waals surface area contributed by atoms with Crippen LogP contribution < -0.4 is 5.32 Å². The Labute approximate surface area is 123 Å². The Morgan fingerprint density at radius 3 is 2.86 bits per heavy atom. The van der Waals surface area contributed by atoms with Gasteiger partial charge in [-0.2, -0.15) is 0 Å². The van der Waals surface area contributed by atoms with Crippen LogP contribution in [0.1, 0.15) is 25.8 Å². The van der Waals surface area contributed by atoms with Gasteiger partial charge in [-0.1, -0.05) is 26.0 Å². The van der Waals surface area contributed by atoms with Crippen molar-refractivity contribution in [3.05, 3.63) is 29.8 Å². The average Bonchev–Trinajstić information content (AvgIpc) is 2.45. The molecule has 0 bridgehead atoms. The van der Waals surface area contributed by atoms with Gasteiger partial charge in [0.25, 0.3) is 0 Å². The van der Waals surface area contributed by atoms with E-state index in [1.165, 1.54) is 0 Å². The molecule has 2 fully saturated rings. The van der Waals surface area contributed by atoms with E-state index < -0.39 is 6.04 Å². The van der Waals surface area contributed by atoms with Crippen molar-refractivity contribution in [1.29, 1.82) is 0 Å². The van der Waals surface area contributed by atoms with Gasteiger partial charge in [0.1, 0.15) is 11.8 Å². The predicted octanol–water partition coefficient (Wildman–Crippen LogP) is 1.02. The number of carbonyl (C=O) groups is 2. The Kier molecular flexibility index (Phi) is 3.15. The first kappa shape index (κ1) is 13.9. The second-order valence-corrected chi connectivity index (χ2v) is 6.35. The summed E-state index contributed by atoms with van der Waals surface area (Å²) in [4.78, 5) is 25.8. The van der Waals surface area contributed by atoms with E-state index in [1.54, 1.807) is 17.0 Å². The summed E-state index contributed by atoms with van der Waals surface area (Å²) in [5.74, 6) is 0.357. The molecule has 112 valence electrons. The molecule has 0 saturated carbocycles. The van der Waals surface area contributed by atoms with Gasteiger partial charge < -0.3 is 15.3 Å². The summed E-state index contributed by atoms with van der Waals surface area (Å²) >= 11 is 0. The van der Waals surface area contributed by atoms with Crippen LogP contribution in [-0.4, -0.2) is 41.0 Å². The molecule has 0 radical (unpaired) electrons. The van der Waals surface area contributed by atoms with Crippen LogP contribution in [0.3, 0.4) is 0 Å². The van der Waals surface area contributed by atoms with Crippen LogP contribution in [0.2, 0.25) is 0 Å². The first-order chi connectivity index (χ1) is 9.91. The smallest absolute Gasteiger partial charge is 0.243 e. The zero-order valence-corrected chi connectivity index (χ0v) is 12.3. The first-order valence-corrected chi connectivity index (χ1v) is 7.28. The van der Waals surface area contributed by atoms with Crippen molar-refractivity contribution in [2.24, 2.45) is 5.92 Å². The van der Waals surface area contributed by atoms with Crippen LogP contribution in [0.5, 0.6) is 5.75 Å². The molecule has 0 aliphatic carbocycles. The van der Waals surface area contributed by atoms with Crippen molar-refractivity contribution < 1.29 is 14.7 Å². The first-order valence-electron chi connectivity index (χ1n) is 7.28. The van der Waals surface area contributed by atoms with Crippen molar-refractivity contribution in [3.8, 4) is 5.75 Å². The number of nitrogens with one attached hydrogen (secondary N) is 1. The number of piperazine rings is 1.